The van der Waals surface area contributed by atoms with Crippen molar-refractivity contribution >= 4 is 5.91 Å². The molecule has 4 atom stereocenters. The lowest BCUT2D eigenvalue weighted by molar-refractivity contribution is -0.125. The van der Waals surface area contributed by atoms with Crippen LogP contribution in [0.1, 0.15) is 25.3 Å². The van der Waals surface area contributed by atoms with E-state index in [2.05, 4.69) is 5.32 Å². The van der Waals surface area contributed by atoms with Gasteiger partial charge in [-0.3, -0.25) is 9.69 Å². The molecule has 0 spiro atoms. The lowest BCUT2D eigenvalue weighted by Crippen LogP contribution is -2.65. The zero-order chi connectivity index (χ0) is 17.5. The number of amides is 1. The van der Waals surface area contributed by atoms with Gasteiger partial charge in [-0.25, -0.2) is 4.39 Å². The van der Waals surface area contributed by atoms with Crippen molar-refractivity contribution in [3.63, 3.8) is 0 Å². The Labute approximate surface area is 142 Å². The molecule has 24 heavy (non-hydrogen) atoms. The predicted octanol–water partition coefficient (Wildman–Crippen LogP) is 0.889. The second kappa shape index (κ2) is 9.11. The highest BCUT2D eigenvalue weighted by atomic mass is 19.1. The number of aliphatic hydroxyl groups excluding tert-OH is 2. The number of alkyl halides is 1. The largest absolute Gasteiger partial charge is 0.395 e. The molecule has 2 rings (SSSR count). The van der Waals surface area contributed by atoms with Crippen molar-refractivity contribution in [2.45, 2.75) is 50.5 Å². The summed E-state index contributed by atoms with van der Waals surface area (Å²) in [6, 6.07) is 8.65. The van der Waals surface area contributed by atoms with E-state index in [4.69, 9.17) is 0 Å². The summed E-state index contributed by atoms with van der Waals surface area (Å²) in [6.07, 6.45) is -0.901. The fourth-order valence-electron chi connectivity index (χ4n) is 3.19. The zero-order valence-corrected chi connectivity index (χ0v) is 14.1. The highest BCUT2D eigenvalue weighted by Crippen LogP contribution is 2.22. The lowest BCUT2D eigenvalue weighted by Gasteiger charge is -2.44. The second-order valence-corrected chi connectivity index (χ2v) is 6.30. The number of carbonyl (C=O) groups excluding carboxylic acids is 1. The topological polar surface area (TPSA) is 72.8 Å². The van der Waals surface area contributed by atoms with Crippen LogP contribution in [0.15, 0.2) is 30.3 Å². The molecule has 4 unspecified atom stereocenters. The van der Waals surface area contributed by atoms with E-state index >= 15 is 0 Å². The number of carbonyl (C=O) groups is 1. The lowest BCUT2D eigenvalue weighted by atomic mass is 9.93. The number of rotatable bonds is 7. The third-order valence-electron chi connectivity index (χ3n) is 4.61. The molecule has 1 aliphatic rings. The van der Waals surface area contributed by atoms with Crippen molar-refractivity contribution in [3.05, 3.63) is 35.9 Å². The average molecular weight is 338 g/mol. The number of hydrogen-bond acceptors (Lipinski definition) is 4. The summed E-state index contributed by atoms with van der Waals surface area (Å²) in [5.74, 6) is -0.210. The molecule has 1 aliphatic heterocycles. The summed E-state index contributed by atoms with van der Waals surface area (Å²) in [4.78, 5) is 13.4. The number of benzene rings is 1. The molecule has 6 heteroatoms. The summed E-state index contributed by atoms with van der Waals surface area (Å²) >= 11 is 0. The van der Waals surface area contributed by atoms with E-state index in [0.29, 0.717) is 13.1 Å². The monoisotopic (exact) mass is 338 g/mol. The summed E-state index contributed by atoms with van der Waals surface area (Å²) in [7, 11) is 0. The van der Waals surface area contributed by atoms with Crippen molar-refractivity contribution in [2.24, 2.45) is 0 Å². The fraction of sp³-hybridized carbons (Fsp3) is 0.611. The molecule has 134 valence electrons. The Morgan fingerprint density at radius 3 is 2.71 bits per heavy atom. The predicted molar refractivity (Wildman–Crippen MR) is 90.3 cm³/mol. The van der Waals surface area contributed by atoms with Crippen LogP contribution in [-0.4, -0.2) is 65.1 Å². The van der Waals surface area contributed by atoms with Crippen molar-refractivity contribution in [1.82, 2.24) is 10.2 Å². The van der Waals surface area contributed by atoms with E-state index in [-0.39, 0.29) is 18.9 Å². The molecular formula is C18H27FN2O3. The first-order valence-electron chi connectivity index (χ1n) is 8.57. The molecule has 0 aromatic heterocycles. The van der Waals surface area contributed by atoms with Gasteiger partial charge in [-0.1, -0.05) is 37.3 Å². The van der Waals surface area contributed by atoms with Crippen LogP contribution >= 0.6 is 0 Å². The Balaban J connectivity index is 1.95. The first-order chi connectivity index (χ1) is 11.6. The van der Waals surface area contributed by atoms with Gasteiger partial charge < -0.3 is 15.5 Å². The van der Waals surface area contributed by atoms with Crippen molar-refractivity contribution in [2.75, 3.05) is 19.7 Å². The van der Waals surface area contributed by atoms with E-state index in [9.17, 15) is 19.4 Å². The highest BCUT2D eigenvalue weighted by Gasteiger charge is 2.43. The molecule has 0 aliphatic carbocycles. The molecule has 0 bridgehead atoms. The van der Waals surface area contributed by atoms with Gasteiger partial charge in [0, 0.05) is 13.0 Å². The molecule has 1 heterocycles. The van der Waals surface area contributed by atoms with Crippen LogP contribution in [0.25, 0.3) is 0 Å². The van der Waals surface area contributed by atoms with Crippen LogP contribution in [0, 0.1) is 0 Å². The minimum absolute atomic E-state index is 0.210. The number of halogens is 1. The minimum Gasteiger partial charge on any atom is -0.395 e. The van der Waals surface area contributed by atoms with E-state index in [1.807, 2.05) is 35.2 Å². The van der Waals surface area contributed by atoms with Crippen LogP contribution in [0.2, 0.25) is 0 Å². The number of piperidine rings is 1. The smallest absolute Gasteiger partial charge is 0.220 e. The second-order valence-electron chi connectivity index (χ2n) is 6.30. The Morgan fingerprint density at radius 2 is 2.08 bits per heavy atom. The molecular weight excluding hydrogens is 311 g/mol. The minimum atomic E-state index is -1.58. The third kappa shape index (κ3) is 4.75. The van der Waals surface area contributed by atoms with Gasteiger partial charge in [0.2, 0.25) is 5.91 Å². The summed E-state index contributed by atoms with van der Waals surface area (Å²) < 4.78 is 14.4. The Morgan fingerprint density at radius 1 is 1.38 bits per heavy atom. The van der Waals surface area contributed by atoms with Crippen molar-refractivity contribution in [1.29, 1.82) is 0 Å². The van der Waals surface area contributed by atoms with Gasteiger partial charge in [0.25, 0.3) is 0 Å². The number of nitrogens with zero attached hydrogens (tertiary/aromatic N) is 1. The molecule has 0 radical (unpaired) electrons. The van der Waals surface area contributed by atoms with Gasteiger partial charge in [0.05, 0.1) is 18.7 Å². The van der Waals surface area contributed by atoms with Gasteiger partial charge in [0.15, 0.2) is 0 Å². The van der Waals surface area contributed by atoms with Gasteiger partial charge in [-0.05, 0) is 24.9 Å². The Kier molecular flexibility index (Phi) is 7.15. The van der Waals surface area contributed by atoms with Gasteiger partial charge in [-0.2, -0.15) is 0 Å². The molecule has 5 nitrogen and oxygen atoms in total. The van der Waals surface area contributed by atoms with Crippen molar-refractivity contribution < 1.29 is 19.4 Å². The maximum atomic E-state index is 14.4. The molecule has 1 saturated heterocycles. The first-order valence-corrected chi connectivity index (χ1v) is 8.57. The Hall–Kier alpha value is -1.50. The quantitative estimate of drug-likeness (QED) is 0.690. The first kappa shape index (κ1) is 18.8. The third-order valence-corrected chi connectivity index (χ3v) is 4.61. The maximum Gasteiger partial charge on any atom is 0.220 e. The van der Waals surface area contributed by atoms with E-state index in [1.54, 1.807) is 6.92 Å². The zero-order valence-electron chi connectivity index (χ0n) is 14.1. The highest BCUT2D eigenvalue weighted by molar-refractivity contribution is 5.76. The number of nitrogens with one attached hydrogen (secondary N) is 1. The molecule has 1 amide bonds. The average Bonchev–Trinajstić information content (AvgIpc) is 2.60. The molecule has 0 saturated carbocycles. The number of aliphatic hydroxyl groups is 2. The van der Waals surface area contributed by atoms with Gasteiger partial charge in [0.1, 0.15) is 12.3 Å². The van der Waals surface area contributed by atoms with Crippen LogP contribution in [0.5, 0.6) is 0 Å². The molecule has 3 N–H and O–H groups in total. The van der Waals surface area contributed by atoms with Gasteiger partial charge >= 0.3 is 0 Å². The molecule has 1 aromatic carbocycles. The summed E-state index contributed by atoms with van der Waals surface area (Å²) in [5, 5.41) is 22.3. The van der Waals surface area contributed by atoms with Crippen LogP contribution < -0.4 is 5.32 Å². The van der Waals surface area contributed by atoms with Crippen LogP contribution in [0.4, 0.5) is 4.39 Å². The SMILES string of the molecule is CCC(=O)NC1CN(CCCc2ccccc2)C(CO)C(F)C1O. The molecule has 1 fully saturated rings. The summed E-state index contributed by atoms with van der Waals surface area (Å²) in [6.45, 7) is 2.31. The van der Waals surface area contributed by atoms with Crippen molar-refractivity contribution in [3.8, 4) is 0 Å². The summed E-state index contributed by atoms with van der Waals surface area (Å²) in [5.41, 5.74) is 1.21. The molecule has 1 aromatic rings. The number of aryl methyl sites for hydroxylation is 1. The van der Waals surface area contributed by atoms with Crippen LogP contribution in [-0.2, 0) is 11.2 Å². The van der Waals surface area contributed by atoms with E-state index in [0.717, 1.165) is 12.8 Å². The van der Waals surface area contributed by atoms with Crippen LogP contribution in [0.3, 0.4) is 0 Å². The number of likely N-dealkylation sites (tertiary alicyclic amines) is 1. The normalized spacial score (nSPS) is 27.8. The fourth-order valence-corrected chi connectivity index (χ4v) is 3.19. The van der Waals surface area contributed by atoms with Gasteiger partial charge in [-0.15, -0.1) is 0 Å². The van der Waals surface area contributed by atoms with E-state index in [1.165, 1.54) is 5.56 Å². The van der Waals surface area contributed by atoms with E-state index < -0.39 is 24.4 Å². The Bertz CT molecular complexity index is 514. The standard InChI is InChI=1S/C18H27FN2O3/c1-2-16(23)20-14-11-21(15(12-22)17(19)18(14)24)10-6-9-13-7-4-3-5-8-13/h3-5,7-8,14-15,17-18,22,24H,2,6,9-12H2,1H3,(H,20,23). The number of hydrogen-bond donors (Lipinski definition) is 3. The maximum absolute atomic E-state index is 14.4.